The largest absolute Gasteiger partial charge is 0.457 e. The molecule has 3 heterocycles. The molecule has 0 radical (unpaired) electrons. The molecule has 2 aromatic heterocycles. The maximum Gasteiger partial charge on any atom is 0.335 e. The lowest BCUT2D eigenvalue weighted by molar-refractivity contribution is 0.0636. The fourth-order valence-corrected chi connectivity index (χ4v) is 5.69. The number of ketones is 1. The number of furan rings is 1. The lowest BCUT2D eigenvalue weighted by Crippen LogP contribution is -2.31. The number of carbonyl (C=O) groups excluding carboxylic acids is 1. The van der Waals surface area contributed by atoms with Crippen LogP contribution in [0.5, 0.6) is 0 Å². The number of rotatable bonds is 8. The van der Waals surface area contributed by atoms with Crippen molar-refractivity contribution in [1.82, 2.24) is 14.7 Å². The molecular formula is C25H27ClN4O7S. The first-order valence-electron chi connectivity index (χ1n) is 12.1. The lowest BCUT2D eigenvalue weighted by Gasteiger charge is -2.26. The Morgan fingerprint density at radius 1 is 1.24 bits per heavy atom. The third kappa shape index (κ3) is 5.46. The van der Waals surface area contributed by atoms with Crippen LogP contribution in [0.4, 0.5) is 5.82 Å². The minimum atomic E-state index is -3.97. The molecule has 202 valence electrons. The van der Waals surface area contributed by atoms with Crippen LogP contribution in [-0.2, 0) is 25.6 Å². The summed E-state index contributed by atoms with van der Waals surface area (Å²) in [5, 5.41) is 14.0. The van der Waals surface area contributed by atoms with Gasteiger partial charge in [-0.1, -0.05) is 17.7 Å². The Morgan fingerprint density at radius 3 is 2.84 bits per heavy atom. The molecular weight excluding hydrogens is 536 g/mol. The van der Waals surface area contributed by atoms with Crippen molar-refractivity contribution in [3.63, 3.8) is 0 Å². The number of halogens is 1. The number of anilines is 1. The van der Waals surface area contributed by atoms with Crippen molar-refractivity contribution < 1.29 is 31.7 Å². The average molecular weight is 563 g/mol. The van der Waals surface area contributed by atoms with E-state index in [9.17, 15) is 18.3 Å². The molecule has 0 bridgehead atoms. The van der Waals surface area contributed by atoms with E-state index in [2.05, 4.69) is 20.0 Å². The van der Waals surface area contributed by atoms with E-state index in [0.717, 1.165) is 23.1 Å². The first kappa shape index (κ1) is 26.7. The molecule has 1 fully saturated rings. The maximum atomic E-state index is 13.5. The number of aromatic nitrogens is 2. The second kappa shape index (κ2) is 10.7. The fourth-order valence-electron chi connectivity index (χ4n) is 4.89. The number of aliphatic hydroxyl groups excluding tert-OH is 1. The van der Waals surface area contributed by atoms with Gasteiger partial charge in [0.2, 0.25) is 5.78 Å². The van der Waals surface area contributed by atoms with Crippen LogP contribution in [0.2, 0.25) is 5.02 Å². The molecule has 0 unspecified atom stereocenters. The van der Waals surface area contributed by atoms with Gasteiger partial charge < -0.3 is 19.6 Å². The maximum absolute atomic E-state index is 13.5. The number of nitrogens with one attached hydrogen (secondary N) is 2. The average Bonchev–Trinajstić information content (AvgIpc) is 3.44. The van der Waals surface area contributed by atoms with E-state index in [1.165, 1.54) is 19.6 Å². The zero-order valence-corrected chi connectivity index (χ0v) is 22.3. The van der Waals surface area contributed by atoms with E-state index in [4.69, 9.17) is 24.9 Å². The van der Waals surface area contributed by atoms with Crippen molar-refractivity contribution in [2.24, 2.45) is 0 Å². The van der Waals surface area contributed by atoms with E-state index in [1.807, 2.05) is 18.2 Å². The molecule has 0 spiro atoms. The second-order valence-corrected chi connectivity index (χ2v) is 11.2. The third-order valence-corrected chi connectivity index (χ3v) is 8.01. The summed E-state index contributed by atoms with van der Waals surface area (Å²) in [7, 11) is -2.75. The normalized spacial score (nSPS) is 23.3. The van der Waals surface area contributed by atoms with Crippen molar-refractivity contribution in [1.29, 1.82) is 0 Å². The summed E-state index contributed by atoms with van der Waals surface area (Å²) in [6.45, 7) is 2.30. The van der Waals surface area contributed by atoms with Gasteiger partial charge in [0.15, 0.2) is 5.76 Å². The van der Waals surface area contributed by atoms with Crippen LogP contribution in [0.25, 0.3) is 0 Å². The highest BCUT2D eigenvalue weighted by Crippen LogP contribution is 2.37. The molecule has 13 heteroatoms. The summed E-state index contributed by atoms with van der Waals surface area (Å²) >= 11 is 6.24. The molecule has 0 amide bonds. The Morgan fingerprint density at radius 2 is 2.05 bits per heavy atom. The standard InChI is InChI=1S/C25H27ClN4O7S/c1-13-17(24-18-7-15(26)4-3-14(18)5-6-35-24)10-22(36-13)23(32)19-11-28-12-29-25(19)30-16-8-20(31)21(9-16)37-38(33,34)27-2/h3-4,7,10-12,16,20-21,24,27,31H,5-6,8-9H2,1-2H3,(H,28,29,30)/t16-,20+,21-,24-/m1/s1. The Balaban J connectivity index is 1.37. The van der Waals surface area contributed by atoms with Crippen LogP contribution in [0.1, 0.15) is 57.5 Å². The molecule has 38 heavy (non-hydrogen) atoms. The van der Waals surface area contributed by atoms with E-state index in [0.29, 0.717) is 17.4 Å². The smallest absolute Gasteiger partial charge is 0.335 e. The number of aliphatic hydroxyl groups is 1. The van der Waals surface area contributed by atoms with Crippen LogP contribution < -0.4 is 10.0 Å². The van der Waals surface area contributed by atoms with Crippen molar-refractivity contribution in [3.8, 4) is 0 Å². The molecule has 3 N–H and O–H groups in total. The Hall–Kier alpha value is -2.87. The van der Waals surface area contributed by atoms with Crippen LogP contribution in [0.15, 0.2) is 41.2 Å². The molecule has 3 aromatic rings. The predicted octanol–water partition coefficient (Wildman–Crippen LogP) is 2.71. The molecule has 1 aromatic carbocycles. The Bertz CT molecular complexity index is 1460. The fraction of sp³-hybridized carbons (Fsp3) is 0.400. The SMILES string of the molecule is CNS(=O)(=O)O[C@@H]1C[C@H](Nc2ncncc2C(=O)c2cc([C@H]3OCCc4ccc(Cl)cc43)c(C)o2)C[C@@H]1O. The van der Waals surface area contributed by atoms with Crippen molar-refractivity contribution in [3.05, 3.63) is 75.6 Å². The highest BCUT2D eigenvalue weighted by molar-refractivity contribution is 7.84. The number of benzene rings is 1. The summed E-state index contributed by atoms with van der Waals surface area (Å²) in [6, 6.07) is 6.98. The Kier molecular flexibility index (Phi) is 7.54. The second-order valence-electron chi connectivity index (χ2n) is 9.25. The molecule has 5 rings (SSSR count). The number of carbonyl (C=O) groups is 1. The van der Waals surface area contributed by atoms with Crippen molar-refractivity contribution >= 4 is 33.5 Å². The van der Waals surface area contributed by atoms with Gasteiger partial charge in [0.25, 0.3) is 0 Å². The molecule has 4 atom stereocenters. The number of fused-ring (bicyclic) bond motifs is 1. The highest BCUT2D eigenvalue weighted by Gasteiger charge is 2.37. The zero-order chi connectivity index (χ0) is 27.0. The molecule has 11 nitrogen and oxygen atoms in total. The van der Waals surface area contributed by atoms with Gasteiger partial charge >= 0.3 is 10.3 Å². The van der Waals surface area contributed by atoms with Crippen LogP contribution in [-0.4, -0.2) is 61.2 Å². The third-order valence-electron chi connectivity index (χ3n) is 6.78. The van der Waals surface area contributed by atoms with Gasteiger partial charge in [0, 0.05) is 29.9 Å². The lowest BCUT2D eigenvalue weighted by atomic mass is 9.93. The van der Waals surface area contributed by atoms with Gasteiger partial charge in [-0.2, -0.15) is 13.1 Å². The van der Waals surface area contributed by atoms with Gasteiger partial charge in [0.05, 0.1) is 18.3 Å². The van der Waals surface area contributed by atoms with Gasteiger partial charge in [0.1, 0.15) is 30.1 Å². The molecule has 1 aliphatic heterocycles. The molecule has 1 saturated carbocycles. The number of aryl methyl sites for hydroxylation is 1. The molecule has 2 aliphatic rings. The van der Waals surface area contributed by atoms with Crippen LogP contribution >= 0.6 is 11.6 Å². The van der Waals surface area contributed by atoms with Crippen LogP contribution in [0, 0.1) is 6.92 Å². The summed E-state index contributed by atoms with van der Waals surface area (Å²) in [5.74, 6) is 0.442. The van der Waals surface area contributed by atoms with E-state index >= 15 is 0 Å². The van der Waals surface area contributed by atoms with E-state index < -0.39 is 40.4 Å². The van der Waals surface area contributed by atoms with E-state index in [1.54, 1.807) is 13.0 Å². The Labute approximate surface area is 224 Å². The van der Waals surface area contributed by atoms with Gasteiger partial charge in [-0.25, -0.2) is 9.97 Å². The topological polar surface area (TPSA) is 153 Å². The van der Waals surface area contributed by atoms with Gasteiger partial charge in [-0.3, -0.25) is 8.98 Å². The van der Waals surface area contributed by atoms with Crippen molar-refractivity contribution in [2.45, 2.75) is 50.5 Å². The first-order chi connectivity index (χ1) is 18.1. The minimum absolute atomic E-state index is 0.0980. The quantitative estimate of drug-likeness (QED) is 0.349. The molecule has 0 saturated heterocycles. The highest BCUT2D eigenvalue weighted by atomic mass is 35.5. The van der Waals surface area contributed by atoms with Gasteiger partial charge in [-0.05, 0) is 55.5 Å². The van der Waals surface area contributed by atoms with Crippen molar-refractivity contribution in [2.75, 3.05) is 19.0 Å². The summed E-state index contributed by atoms with van der Waals surface area (Å²) < 4.78 is 42.5. The molecule has 1 aliphatic carbocycles. The van der Waals surface area contributed by atoms with Gasteiger partial charge in [-0.15, -0.1) is 0 Å². The summed E-state index contributed by atoms with van der Waals surface area (Å²) in [6.07, 6.45) is 1.46. The minimum Gasteiger partial charge on any atom is -0.457 e. The summed E-state index contributed by atoms with van der Waals surface area (Å²) in [5.41, 5.74) is 2.97. The van der Waals surface area contributed by atoms with Crippen LogP contribution in [0.3, 0.4) is 0 Å². The number of hydrogen-bond donors (Lipinski definition) is 3. The first-order valence-corrected chi connectivity index (χ1v) is 13.8. The zero-order valence-electron chi connectivity index (χ0n) is 20.7. The monoisotopic (exact) mass is 562 g/mol. The number of hydrogen-bond acceptors (Lipinski definition) is 10. The van der Waals surface area contributed by atoms with E-state index in [-0.39, 0.29) is 30.0 Å². The summed E-state index contributed by atoms with van der Waals surface area (Å²) in [4.78, 5) is 21.7. The number of nitrogens with zero attached hydrogens (tertiary/aromatic N) is 2. The predicted molar refractivity (Wildman–Crippen MR) is 137 cm³/mol. The number of ether oxygens (including phenoxy) is 1.